The smallest absolute Gasteiger partial charge is 0.324 e. The molecule has 2 aromatic heterocycles. The van der Waals surface area contributed by atoms with Gasteiger partial charge in [0.05, 0.1) is 5.69 Å². The Morgan fingerprint density at radius 3 is 2.68 bits per heavy atom. The zero-order valence-corrected chi connectivity index (χ0v) is 12.5. The van der Waals surface area contributed by atoms with Gasteiger partial charge in [0, 0.05) is 43.3 Å². The quantitative estimate of drug-likeness (QED) is 0.910. The van der Waals surface area contributed by atoms with E-state index >= 15 is 0 Å². The molecule has 1 aliphatic heterocycles. The molecule has 2 N–H and O–H groups in total. The maximum absolute atomic E-state index is 12.1. The highest BCUT2D eigenvalue weighted by Crippen LogP contribution is 2.17. The van der Waals surface area contributed by atoms with Crippen molar-refractivity contribution in [1.29, 1.82) is 0 Å². The molecule has 2 amide bonds. The lowest BCUT2D eigenvalue weighted by atomic mass is 10.1. The fraction of sp³-hybridized carbons (Fsp3) is 0.400. The van der Waals surface area contributed by atoms with E-state index in [4.69, 9.17) is 4.52 Å². The number of aryl methyl sites for hydroxylation is 1. The van der Waals surface area contributed by atoms with Gasteiger partial charge in [-0.05, 0) is 31.9 Å². The largest absolute Gasteiger partial charge is 0.382 e. The van der Waals surface area contributed by atoms with E-state index in [2.05, 4.69) is 20.8 Å². The minimum Gasteiger partial charge on any atom is -0.382 e. The standard InChI is InChI=1S/C15H19N5O2/c1-11-10-14(22-19-11)18-15(21)20-8-4-13(5-9-20)17-12-2-6-16-7-3-12/h2-3,6-7,10,13H,4-5,8-9H2,1H3,(H,16,17)(H,18,21). The summed E-state index contributed by atoms with van der Waals surface area (Å²) in [4.78, 5) is 17.9. The third-order valence-electron chi connectivity index (χ3n) is 3.69. The van der Waals surface area contributed by atoms with Gasteiger partial charge in [0.15, 0.2) is 0 Å². The van der Waals surface area contributed by atoms with Crippen LogP contribution in [-0.2, 0) is 0 Å². The molecule has 22 heavy (non-hydrogen) atoms. The minimum absolute atomic E-state index is 0.140. The van der Waals surface area contributed by atoms with E-state index in [1.807, 2.05) is 19.1 Å². The lowest BCUT2D eigenvalue weighted by molar-refractivity contribution is 0.196. The predicted octanol–water partition coefficient (Wildman–Crippen LogP) is 2.49. The second-order valence-electron chi connectivity index (χ2n) is 5.40. The summed E-state index contributed by atoms with van der Waals surface area (Å²) in [7, 11) is 0. The lowest BCUT2D eigenvalue weighted by Crippen LogP contribution is -2.44. The van der Waals surface area contributed by atoms with Crippen LogP contribution >= 0.6 is 0 Å². The highest BCUT2D eigenvalue weighted by molar-refractivity contribution is 5.87. The molecule has 0 bridgehead atoms. The van der Waals surface area contributed by atoms with Crippen molar-refractivity contribution in [2.24, 2.45) is 0 Å². The second-order valence-corrected chi connectivity index (χ2v) is 5.40. The molecule has 2 aromatic rings. The molecule has 1 aliphatic rings. The average Bonchev–Trinajstić information content (AvgIpc) is 2.94. The van der Waals surface area contributed by atoms with Gasteiger partial charge in [-0.25, -0.2) is 4.79 Å². The monoisotopic (exact) mass is 301 g/mol. The highest BCUT2D eigenvalue weighted by atomic mass is 16.5. The Morgan fingerprint density at radius 1 is 1.32 bits per heavy atom. The molecule has 116 valence electrons. The zero-order chi connectivity index (χ0) is 15.4. The van der Waals surface area contributed by atoms with Crippen molar-refractivity contribution in [1.82, 2.24) is 15.0 Å². The van der Waals surface area contributed by atoms with Crippen molar-refractivity contribution in [2.75, 3.05) is 23.7 Å². The summed E-state index contributed by atoms with van der Waals surface area (Å²) in [5.74, 6) is 0.388. The van der Waals surface area contributed by atoms with Gasteiger partial charge in [0.1, 0.15) is 0 Å². The van der Waals surface area contributed by atoms with Crippen LogP contribution < -0.4 is 10.6 Å². The number of likely N-dealkylation sites (tertiary alicyclic amines) is 1. The van der Waals surface area contributed by atoms with Crippen molar-refractivity contribution < 1.29 is 9.32 Å². The molecule has 1 fully saturated rings. The number of amides is 2. The average molecular weight is 301 g/mol. The molecule has 7 nitrogen and oxygen atoms in total. The van der Waals surface area contributed by atoms with Crippen LogP contribution in [0.1, 0.15) is 18.5 Å². The Hall–Kier alpha value is -2.57. The van der Waals surface area contributed by atoms with Crippen molar-refractivity contribution in [2.45, 2.75) is 25.8 Å². The number of anilines is 2. The fourth-order valence-corrected chi connectivity index (χ4v) is 2.52. The van der Waals surface area contributed by atoms with Gasteiger partial charge in [-0.15, -0.1) is 0 Å². The van der Waals surface area contributed by atoms with Gasteiger partial charge in [-0.1, -0.05) is 5.16 Å². The molecular formula is C15H19N5O2. The number of carbonyl (C=O) groups excluding carboxylic acids is 1. The number of nitrogens with one attached hydrogen (secondary N) is 2. The van der Waals surface area contributed by atoms with Gasteiger partial charge >= 0.3 is 6.03 Å². The van der Waals surface area contributed by atoms with Crippen LogP contribution in [0.5, 0.6) is 0 Å². The summed E-state index contributed by atoms with van der Waals surface area (Å²) >= 11 is 0. The number of aromatic nitrogens is 2. The number of carbonyl (C=O) groups is 1. The van der Waals surface area contributed by atoms with Gasteiger partial charge in [0.25, 0.3) is 0 Å². The Bertz CT molecular complexity index is 620. The van der Waals surface area contributed by atoms with E-state index < -0.39 is 0 Å². The number of nitrogens with zero attached hydrogens (tertiary/aromatic N) is 3. The Labute approximate surface area is 128 Å². The topological polar surface area (TPSA) is 83.3 Å². The molecule has 0 saturated carbocycles. The number of rotatable bonds is 3. The Morgan fingerprint density at radius 2 is 2.05 bits per heavy atom. The van der Waals surface area contributed by atoms with Crippen molar-refractivity contribution in [3.8, 4) is 0 Å². The summed E-state index contributed by atoms with van der Waals surface area (Å²) in [6, 6.07) is 5.84. The molecule has 3 heterocycles. The summed E-state index contributed by atoms with van der Waals surface area (Å²) in [6.07, 6.45) is 5.35. The predicted molar refractivity (Wildman–Crippen MR) is 82.7 cm³/mol. The van der Waals surface area contributed by atoms with Crippen molar-refractivity contribution in [3.63, 3.8) is 0 Å². The van der Waals surface area contributed by atoms with Crippen LogP contribution in [0, 0.1) is 6.92 Å². The lowest BCUT2D eigenvalue weighted by Gasteiger charge is -2.32. The number of hydrogen-bond acceptors (Lipinski definition) is 5. The van der Waals surface area contributed by atoms with E-state index in [1.165, 1.54) is 0 Å². The highest BCUT2D eigenvalue weighted by Gasteiger charge is 2.23. The first-order valence-electron chi connectivity index (χ1n) is 7.36. The molecule has 0 unspecified atom stereocenters. The SMILES string of the molecule is Cc1cc(NC(=O)N2CCC(Nc3ccncc3)CC2)on1. The van der Waals surface area contributed by atoms with Crippen LogP contribution in [0.4, 0.5) is 16.4 Å². The molecule has 0 radical (unpaired) electrons. The normalized spacial score (nSPS) is 15.6. The summed E-state index contributed by atoms with van der Waals surface area (Å²) in [5, 5.41) is 9.94. The molecule has 0 atom stereocenters. The summed E-state index contributed by atoms with van der Waals surface area (Å²) < 4.78 is 5.00. The molecule has 7 heteroatoms. The van der Waals surface area contributed by atoms with Gasteiger partial charge in [-0.2, -0.15) is 0 Å². The van der Waals surface area contributed by atoms with Crippen LogP contribution in [-0.4, -0.2) is 40.2 Å². The maximum Gasteiger partial charge on any atom is 0.324 e. The fourth-order valence-electron chi connectivity index (χ4n) is 2.52. The third-order valence-corrected chi connectivity index (χ3v) is 3.69. The Kier molecular flexibility index (Phi) is 4.22. The van der Waals surface area contributed by atoms with E-state index in [-0.39, 0.29) is 6.03 Å². The molecule has 0 spiro atoms. The number of pyridine rings is 1. The van der Waals surface area contributed by atoms with Crippen molar-refractivity contribution >= 4 is 17.6 Å². The van der Waals surface area contributed by atoms with Gasteiger partial charge in [-0.3, -0.25) is 10.3 Å². The van der Waals surface area contributed by atoms with E-state index in [0.29, 0.717) is 25.0 Å². The Balaban J connectivity index is 1.48. The first-order chi connectivity index (χ1) is 10.7. The maximum atomic E-state index is 12.1. The van der Waals surface area contributed by atoms with Crippen LogP contribution in [0.2, 0.25) is 0 Å². The molecular weight excluding hydrogens is 282 g/mol. The van der Waals surface area contributed by atoms with E-state index in [9.17, 15) is 4.79 Å². The van der Waals surface area contributed by atoms with Crippen LogP contribution in [0.15, 0.2) is 35.1 Å². The molecule has 0 aromatic carbocycles. The van der Waals surface area contributed by atoms with E-state index in [1.54, 1.807) is 23.4 Å². The van der Waals surface area contributed by atoms with Crippen LogP contribution in [0.25, 0.3) is 0 Å². The summed E-state index contributed by atoms with van der Waals surface area (Å²) in [6.45, 7) is 3.23. The van der Waals surface area contributed by atoms with Gasteiger partial charge in [0.2, 0.25) is 5.88 Å². The molecule has 3 rings (SSSR count). The minimum atomic E-state index is -0.140. The number of piperidine rings is 1. The van der Waals surface area contributed by atoms with E-state index in [0.717, 1.165) is 24.2 Å². The van der Waals surface area contributed by atoms with Gasteiger partial charge < -0.3 is 14.7 Å². The number of urea groups is 1. The molecule has 0 aliphatic carbocycles. The second kappa shape index (κ2) is 6.46. The van der Waals surface area contributed by atoms with Crippen molar-refractivity contribution in [3.05, 3.63) is 36.3 Å². The zero-order valence-electron chi connectivity index (χ0n) is 12.5. The number of hydrogen-bond donors (Lipinski definition) is 2. The third kappa shape index (κ3) is 3.55. The van der Waals surface area contributed by atoms with Crippen LogP contribution in [0.3, 0.4) is 0 Å². The summed E-state index contributed by atoms with van der Waals surface area (Å²) in [5.41, 5.74) is 1.81. The first-order valence-corrected chi connectivity index (χ1v) is 7.36. The first kappa shape index (κ1) is 14.4. The molecule has 1 saturated heterocycles.